The van der Waals surface area contributed by atoms with Crippen LogP contribution in [0.15, 0.2) is 18.2 Å². The smallest absolute Gasteiger partial charge is 0.126 e. The van der Waals surface area contributed by atoms with Crippen molar-refractivity contribution in [1.29, 1.82) is 0 Å². The van der Waals surface area contributed by atoms with Crippen molar-refractivity contribution in [2.45, 2.75) is 33.2 Å². The monoisotopic (exact) mass is 227 g/mol. The Balaban J connectivity index is 2.55. The Bertz CT molecular complexity index is 337. The Hall–Kier alpha value is -0.960. The first-order valence-corrected chi connectivity index (χ1v) is 5.66. The lowest BCUT2D eigenvalue weighted by molar-refractivity contribution is 0.473. The molecule has 0 aliphatic rings. The van der Waals surface area contributed by atoms with E-state index in [9.17, 15) is 8.78 Å². The summed E-state index contributed by atoms with van der Waals surface area (Å²) >= 11 is 0. The highest BCUT2D eigenvalue weighted by atomic mass is 19.1. The fourth-order valence-corrected chi connectivity index (χ4v) is 1.54. The molecule has 0 aliphatic carbocycles. The molecule has 1 nitrogen and oxygen atoms in total. The number of hydrogen-bond donors (Lipinski definition) is 1. The summed E-state index contributed by atoms with van der Waals surface area (Å²) in [5.74, 6) is -0.160. The van der Waals surface area contributed by atoms with Gasteiger partial charge in [0.2, 0.25) is 0 Å². The fourth-order valence-electron chi connectivity index (χ4n) is 1.54. The van der Waals surface area contributed by atoms with Gasteiger partial charge in [-0.05, 0) is 49.6 Å². The van der Waals surface area contributed by atoms with Gasteiger partial charge in [0.1, 0.15) is 11.6 Å². The van der Waals surface area contributed by atoms with Crippen molar-refractivity contribution in [2.24, 2.45) is 5.92 Å². The van der Waals surface area contributed by atoms with E-state index < -0.39 is 0 Å². The molecule has 0 spiro atoms. The minimum Gasteiger partial charge on any atom is -0.314 e. The van der Waals surface area contributed by atoms with E-state index in [1.165, 1.54) is 12.1 Å². The molecule has 0 radical (unpaired) electrons. The summed E-state index contributed by atoms with van der Waals surface area (Å²) in [6.07, 6.45) is 0.510. The van der Waals surface area contributed by atoms with Gasteiger partial charge in [-0.25, -0.2) is 8.78 Å². The standard InChI is InChI=1S/C13H19F2N/c1-9(2)8-16-10(3)6-11-7-12(14)4-5-13(11)15/h4-5,7,9-10,16H,6,8H2,1-3H3. The maximum atomic E-state index is 13.3. The van der Waals surface area contributed by atoms with E-state index in [-0.39, 0.29) is 17.7 Å². The van der Waals surface area contributed by atoms with Gasteiger partial charge in [0, 0.05) is 6.04 Å². The third-order valence-electron chi connectivity index (χ3n) is 2.41. The molecule has 0 saturated heterocycles. The van der Waals surface area contributed by atoms with Crippen LogP contribution in [0.3, 0.4) is 0 Å². The fraction of sp³-hybridized carbons (Fsp3) is 0.538. The van der Waals surface area contributed by atoms with Crippen LogP contribution in [0, 0.1) is 17.6 Å². The molecule has 3 heteroatoms. The largest absolute Gasteiger partial charge is 0.314 e. The highest BCUT2D eigenvalue weighted by Crippen LogP contribution is 2.11. The molecule has 0 fully saturated rings. The lowest BCUT2D eigenvalue weighted by Gasteiger charge is -2.15. The van der Waals surface area contributed by atoms with Gasteiger partial charge in [0.15, 0.2) is 0 Å². The SMILES string of the molecule is CC(C)CNC(C)Cc1cc(F)ccc1F. The first kappa shape index (κ1) is 13.1. The van der Waals surface area contributed by atoms with Gasteiger partial charge in [-0.2, -0.15) is 0 Å². The summed E-state index contributed by atoms with van der Waals surface area (Å²) in [4.78, 5) is 0. The van der Waals surface area contributed by atoms with Crippen LogP contribution in [0.2, 0.25) is 0 Å². The lowest BCUT2D eigenvalue weighted by Crippen LogP contribution is -2.31. The summed E-state index contributed by atoms with van der Waals surface area (Å²) in [6.45, 7) is 7.09. The Kier molecular flexibility index (Phi) is 4.87. The molecule has 90 valence electrons. The van der Waals surface area contributed by atoms with Gasteiger partial charge in [-0.15, -0.1) is 0 Å². The van der Waals surface area contributed by atoms with Crippen molar-refractivity contribution in [3.8, 4) is 0 Å². The Morgan fingerprint density at radius 2 is 1.88 bits per heavy atom. The van der Waals surface area contributed by atoms with Crippen molar-refractivity contribution in [1.82, 2.24) is 5.32 Å². The van der Waals surface area contributed by atoms with Crippen LogP contribution in [0.5, 0.6) is 0 Å². The zero-order valence-corrected chi connectivity index (χ0v) is 10.1. The molecule has 0 heterocycles. The first-order valence-electron chi connectivity index (χ1n) is 5.66. The molecule has 1 atom stereocenters. The summed E-state index contributed by atoms with van der Waals surface area (Å²) in [7, 11) is 0. The molecule has 1 aromatic rings. The highest BCUT2D eigenvalue weighted by molar-refractivity contribution is 5.19. The molecule has 1 unspecified atom stereocenters. The van der Waals surface area contributed by atoms with Crippen LogP contribution in [0.1, 0.15) is 26.3 Å². The molecule has 0 aromatic heterocycles. The maximum Gasteiger partial charge on any atom is 0.126 e. The Labute approximate surface area is 95.9 Å². The van der Waals surface area contributed by atoms with Crippen molar-refractivity contribution >= 4 is 0 Å². The van der Waals surface area contributed by atoms with E-state index in [1.807, 2.05) is 6.92 Å². The van der Waals surface area contributed by atoms with Gasteiger partial charge in [-0.1, -0.05) is 13.8 Å². The summed E-state index contributed by atoms with van der Waals surface area (Å²) in [5, 5.41) is 3.29. The van der Waals surface area contributed by atoms with E-state index >= 15 is 0 Å². The Morgan fingerprint density at radius 3 is 2.50 bits per heavy atom. The molecule has 0 bridgehead atoms. The van der Waals surface area contributed by atoms with Gasteiger partial charge >= 0.3 is 0 Å². The summed E-state index contributed by atoms with van der Waals surface area (Å²) in [6, 6.07) is 3.74. The maximum absolute atomic E-state index is 13.3. The second-order valence-electron chi connectivity index (χ2n) is 4.64. The van der Waals surface area contributed by atoms with Crippen LogP contribution >= 0.6 is 0 Å². The normalized spacial score (nSPS) is 13.1. The molecular weight excluding hydrogens is 208 g/mol. The average Bonchev–Trinajstić information content (AvgIpc) is 2.20. The van der Waals surface area contributed by atoms with Crippen molar-refractivity contribution < 1.29 is 8.78 Å². The van der Waals surface area contributed by atoms with Crippen LogP contribution < -0.4 is 5.32 Å². The molecule has 1 aromatic carbocycles. The molecule has 0 amide bonds. The zero-order chi connectivity index (χ0) is 12.1. The molecule has 16 heavy (non-hydrogen) atoms. The number of hydrogen-bond acceptors (Lipinski definition) is 1. The van der Waals surface area contributed by atoms with Gasteiger partial charge in [-0.3, -0.25) is 0 Å². The number of benzene rings is 1. The lowest BCUT2D eigenvalue weighted by atomic mass is 10.1. The van der Waals surface area contributed by atoms with Crippen molar-refractivity contribution in [3.05, 3.63) is 35.4 Å². The average molecular weight is 227 g/mol. The topological polar surface area (TPSA) is 12.0 Å². The van der Waals surface area contributed by atoms with E-state index in [2.05, 4.69) is 19.2 Å². The van der Waals surface area contributed by atoms with Gasteiger partial charge < -0.3 is 5.32 Å². The van der Waals surface area contributed by atoms with Gasteiger partial charge in [0.05, 0.1) is 0 Å². The molecule has 1 rings (SSSR count). The highest BCUT2D eigenvalue weighted by Gasteiger charge is 2.09. The molecule has 1 N–H and O–H groups in total. The van der Waals surface area contributed by atoms with Crippen LogP contribution in [-0.2, 0) is 6.42 Å². The quantitative estimate of drug-likeness (QED) is 0.814. The van der Waals surface area contributed by atoms with Crippen molar-refractivity contribution in [3.63, 3.8) is 0 Å². The number of rotatable bonds is 5. The Morgan fingerprint density at radius 1 is 1.19 bits per heavy atom. The van der Waals surface area contributed by atoms with Crippen molar-refractivity contribution in [2.75, 3.05) is 6.54 Å². The summed E-state index contributed by atoms with van der Waals surface area (Å²) < 4.78 is 26.3. The predicted octanol–water partition coefficient (Wildman–Crippen LogP) is 3.14. The minimum atomic E-state index is -0.382. The van der Waals surface area contributed by atoms with Crippen LogP contribution in [-0.4, -0.2) is 12.6 Å². The van der Waals surface area contributed by atoms with E-state index in [4.69, 9.17) is 0 Å². The predicted molar refractivity (Wildman–Crippen MR) is 62.4 cm³/mol. The summed E-state index contributed by atoms with van der Waals surface area (Å²) in [5.41, 5.74) is 0.434. The van der Waals surface area contributed by atoms with E-state index in [1.54, 1.807) is 0 Å². The molecule has 0 saturated carbocycles. The van der Waals surface area contributed by atoms with Gasteiger partial charge in [0.25, 0.3) is 0 Å². The second-order valence-corrected chi connectivity index (χ2v) is 4.64. The number of halogens is 2. The third-order valence-corrected chi connectivity index (χ3v) is 2.41. The first-order chi connectivity index (χ1) is 7.49. The second kappa shape index (κ2) is 5.94. The van der Waals surface area contributed by atoms with E-state index in [0.29, 0.717) is 17.9 Å². The minimum absolute atomic E-state index is 0.152. The molecule has 0 aliphatic heterocycles. The number of nitrogens with one attached hydrogen (secondary N) is 1. The van der Waals surface area contributed by atoms with Crippen LogP contribution in [0.4, 0.5) is 8.78 Å². The zero-order valence-electron chi connectivity index (χ0n) is 10.1. The molecular formula is C13H19F2N. The van der Waals surface area contributed by atoms with E-state index in [0.717, 1.165) is 12.6 Å². The third kappa shape index (κ3) is 4.27. The van der Waals surface area contributed by atoms with Crippen LogP contribution in [0.25, 0.3) is 0 Å².